The number of nitrogens with one attached hydrogen (secondary N) is 1. The van der Waals surface area contributed by atoms with Crippen LogP contribution in [0.3, 0.4) is 0 Å². The molecule has 0 bridgehead atoms. The first-order valence-corrected chi connectivity index (χ1v) is 13.6. The summed E-state index contributed by atoms with van der Waals surface area (Å²) in [5.74, 6) is 0.912. The molecule has 0 aliphatic carbocycles. The number of urea groups is 1. The molecule has 0 aromatic heterocycles. The minimum absolute atomic E-state index is 0.0456. The lowest BCUT2D eigenvalue weighted by Gasteiger charge is -2.37. The number of aryl methyl sites for hydroxylation is 1. The predicted molar refractivity (Wildman–Crippen MR) is 156 cm³/mol. The van der Waals surface area contributed by atoms with Crippen molar-refractivity contribution in [3.05, 3.63) is 83.4 Å². The molecular weight excluding hydrogens is 474 g/mol. The first-order valence-electron chi connectivity index (χ1n) is 13.6. The molecule has 2 aliphatic rings. The Morgan fingerprint density at radius 1 is 0.763 bits per heavy atom. The number of amides is 2. The van der Waals surface area contributed by atoms with E-state index in [1.165, 1.54) is 16.8 Å². The van der Waals surface area contributed by atoms with E-state index in [-0.39, 0.29) is 6.03 Å². The largest absolute Gasteiger partial charge is 0.487 e. The fraction of sp³-hybridized carbons (Fsp3) is 0.387. The number of ether oxygens (including phenoxy) is 1. The molecule has 0 saturated carbocycles. The van der Waals surface area contributed by atoms with E-state index in [1.807, 2.05) is 41.3 Å². The highest BCUT2D eigenvalue weighted by Gasteiger charge is 2.22. The zero-order chi connectivity index (χ0) is 26.5. The molecule has 2 aliphatic heterocycles. The fourth-order valence-corrected chi connectivity index (χ4v) is 5.16. The van der Waals surface area contributed by atoms with Crippen LogP contribution in [0.5, 0.6) is 5.75 Å². The van der Waals surface area contributed by atoms with Crippen molar-refractivity contribution in [3.8, 4) is 5.75 Å². The highest BCUT2D eigenvalue weighted by molar-refractivity contribution is 5.89. The van der Waals surface area contributed by atoms with Gasteiger partial charge >= 0.3 is 6.03 Å². The molecule has 3 aromatic carbocycles. The Bertz CT molecular complexity index is 1230. The van der Waals surface area contributed by atoms with Gasteiger partial charge in [0.2, 0.25) is 0 Å². The molecular formula is C31H39N5O2. The van der Waals surface area contributed by atoms with Crippen LogP contribution in [0, 0.1) is 13.8 Å². The third kappa shape index (κ3) is 6.05. The zero-order valence-electron chi connectivity index (χ0n) is 22.8. The highest BCUT2D eigenvalue weighted by Crippen LogP contribution is 2.30. The molecule has 0 spiro atoms. The standard InChI is InChI=1S/C31H39N5O2/c1-24-7-6-9-28(25(24)2)34-19-21-36(22-20-34)31(37)32-27-13-11-26(12-14-27)23-38-30-10-5-4-8-29(30)35-17-15-33(3)16-18-35/h4-14H,15-23H2,1-3H3,(H,32,37). The van der Waals surface area contributed by atoms with E-state index in [0.717, 1.165) is 62.0 Å². The lowest BCUT2D eigenvalue weighted by Crippen LogP contribution is -2.50. The maximum absolute atomic E-state index is 12.9. The van der Waals surface area contributed by atoms with Gasteiger partial charge in [-0.2, -0.15) is 0 Å². The van der Waals surface area contributed by atoms with Crippen LogP contribution in [0.4, 0.5) is 21.9 Å². The van der Waals surface area contributed by atoms with Crippen LogP contribution in [0.15, 0.2) is 66.7 Å². The molecule has 0 unspecified atom stereocenters. The van der Waals surface area contributed by atoms with Crippen LogP contribution in [-0.2, 0) is 6.61 Å². The van der Waals surface area contributed by atoms with E-state index >= 15 is 0 Å². The van der Waals surface area contributed by atoms with Gasteiger partial charge < -0.3 is 29.7 Å². The van der Waals surface area contributed by atoms with E-state index in [2.05, 4.69) is 71.2 Å². The maximum Gasteiger partial charge on any atom is 0.321 e. The average molecular weight is 514 g/mol. The summed E-state index contributed by atoms with van der Waals surface area (Å²) in [7, 11) is 2.17. The van der Waals surface area contributed by atoms with Gasteiger partial charge in [0.25, 0.3) is 0 Å². The Morgan fingerprint density at radius 2 is 1.39 bits per heavy atom. The number of para-hydroxylation sites is 2. The molecule has 7 nitrogen and oxygen atoms in total. The summed E-state index contributed by atoms with van der Waals surface area (Å²) in [4.78, 5) is 21.9. The van der Waals surface area contributed by atoms with Crippen molar-refractivity contribution in [3.63, 3.8) is 0 Å². The number of hydrogen-bond acceptors (Lipinski definition) is 5. The predicted octanol–water partition coefficient (Wildman–Crippen LogP) is 4.99. The molecule has 38 heavy (non-hydrogen) atoms. The van der Waals surface area contributed by atoms with E-state index in [1.54, 1.807) is 0 Å². The fourth-order valence-electron chi connectivity index (χ4n) is 5.16. The van der Waals surface area contributed by atoms with Crippen molar-refractivity contribution in [2.45, 2.75) is 20.5 Å². The van der Waals surface area contributed by atoms with E-state index in [4.69, 9.17) is 4.74 Å². The van der Waals surface area contributed by atoms with Crippen LogP contribution in [0.1, 0.15) is 16.7 Å². The van der Waals surface area contributed by atoms with Gasteiger partial charge in [-0.15, -0.1) is 0 Å². The first kappa shape index (κ1) is 25.9. The van der Waals surface area contributed by atoms with Crippen molar-refractivity contribution in [1.29, 1.82) is 0 Å². The number of piperazine rings is 2. The van der Waals surface area contributed by atoms with Gasteiger partial charge in [-0.05, 0) is 67.9 Å². The van der Waals surface area contributed by atoms with Crippen LogP contribution >= 0.6 is 0 Å². The highest BCUT2D eigenvalue weighted by atomic mass is 16.5. The van der Waals surface area contributed by atoms with Crippen molar-refractivity contribution < 1.29 is 9.53 Å². The van der Waals surface area contributed by atoms with Gasteiger partial charge in [0.15, 0.2) is 0 Å². The number of benzene rings is 3. The molecule has 2 fully saturated rings. The molecule has 2 amide bonds. The maximum atomic E-state index is 12.9. The van der Waals surface area contributed by atoms with Crippen LogP contribution in [0.25, 0.3) is 0 Å². The molecule has 5 rings (SSSR count). The minimum Gasteiger partial charge on any atom is -0.487 e. The third-order valence-electron chi connectivity index (χ3n) is 7.79. The first-order chi connectivity index (χ1) is 18.5. The second-order valence-corrected chi connectivity index (χ2v) is 10.4. The zero-order valence-corrected chi connectivity index (χ0v) is 22.8. The number of carbonyl (C=O) groups is 1. The second kappa shape index (κ2) is 11.8. The number of likely N-dealkylation sites (N-methyl/N-ethyl adjacent to an activating group) is 1. The smallest absolute Gasteiger partial charge is 0.321 e. The number of carbonyl (C=O) groups excluding carboxylic acids is 1. The molecule has 1 N–H and O–H groups in total. The van der Waals surface area contributed by atoms with Crippen molar-refractivity contribution >= 4 is 23.1 Å². The Hall–Kier alpha value is -3.71. The molecule has 7 heteroatoms. The van der Waals surface area contributed by atoms with Gasteiger partial charge in [-0.3, -0.25) is 0 Å². The summed E-state index contributed by atoms with van der Waals surface area (Å²) >= 11 is 0. The lowest BCUT2D eigenvalue weighted by molar-refractivity contribution is 0.208. The van der Waals surface area contributed by atoms with E-state index in [9.17, 15) is 4.79 Å². The summed E-state index contributed by atoms with van der Waals surface area (Å²) in [6.45, 7) is 12.0. The van der Waals surface area contributed by atoms with Gasteiger partial charge in [0.05, 0.1) is 5.69 Å². The SMILES string of the molecule is Cc1cccc(N2CCN(C(=O)Nc3ccc(COc4ccccc4N4CCN(C)CC4)cc3)CC2)c1C. The Kier molecular flexibility index (Phi) is 8.03. The summed E-state index contributed by atoms with van der Waals surface area (Å²) < 4.78 is 6.23. The van der Waals surface area contributed by atoms with Gasteiger partial charge in [0.1, 0.15) is 12.4 Å². The van der Waals surface area contributed by atoms with Crippen LogP contribution in [0.2, 0.25) is 0 Å². The van der Waals surface area contributed by atoms with Crippen LogP contribution < -0.4 is 19.9 Å². The monoisotopic (exact) mass is 513 g/mol. The molecule has 2 heterocycles. The number of hydrogen-bond donors (Lipinski definition) is 1. The number of anilines is 3. The van der Waals surface area contributed by atoms with E-state index < -0.39 is 0 Å². The van der Waals surface area contributed by atoms with E-state index in [0.29, 0.717) is 19.7 Å². The number of rotatable bonds is 6. The van der Waals surface area contributed by atoms with Crippen molar-refractivity contribution in [1.82, 2.24) is 9.80 Å². The van der Waals surface area contributed by atoms with Gasteiger partial charge in [-0.1, -0.05) is 36.4 Å². The molecule has 3 aromatic rings. The summed E-state index contributed by atoms with van der Waals surface area (Å²) in [5.41, 5.74) is 6.91. The van der Waals surface area contributed by atoms with Crippen LogP contribution in [-0.4, -0.2) is 75.2 Å². The second-order valence-electron chi connectivity index (χ2n) is 10.4. The number of nitrogens with zero attached hydrogens (tertiary/aromatic N) is 4. The molecule has 2 saturated heterocycles. The van der Waals surface area contributed by atoms with Gasteiger partial charge in [-0.25, -0.2) is 4.79 Å². The Labute approximate surface area is 226 Å². The summed E-state index contributed by atoms with van der Waals surface area (Å²) in [6.07, 6.45) is 0. The molecule has 0 atom stereocenters. The Morgan fingerprint density at radius 3 is 2.13 bits per heavy atom. The normalized spacial score (nSPS) is 16.4. The minimum atomic E-state index is -0.0456. The average Bonchev–Trinajstić information content (AvgIpc) is 2.95. The topological polar surface area (TPSA) is 51.3 Å². The Balaban J connectivity index is 1.12. The summed E-state index contributed by atoms with van der Waals surface area (Å²) in [6, 6.07) is 22.6. The lowest BCUT2D eigenvalue weighted by atomic mass is 10.1. The van der Waals surface area contributed by atoms with Gasteiger partial charge in [0, 0.05) is 63.7 Å². The molecule has 200 valence electrons. The molecule has 0 radical (unpaired) electrons. The quantitative estimate of drug-likeness (QED) is 0.503. The summed E-state index contributed by atoms with van der Waals surface area (Å²) in [5, 5.41) is 3.06. The van der Waals surface area contributed by atoms with Crippen molar-refractivity contribution in [2.24, 2.45) is 0 Å². The third-order valence-corrected chi connectivity index (χ3v) is 7.79. The van der Waals surface area contributed by atoms with Crippen molar-refractivity contribution in [2.75, 3.05) is 74.5 Å².